The molecule has 1 aromatic heterocycles. The Balaban J connectivity index is 1.92. The molecule has 1 aliphatic rings. The first-order valence-corrected chi connectivity index (χ1v) is 9.44. The summed E-state index contributed by atoms with van der Waals surface area (Å²) in [5.41, 5.74) is -0.560. The number of aliphatic hydroxyl groups is 4. The summed E-state index contributed by atoms with van der Waals surface area (Å²) in [7, 11) is 0. The number of hydrogen-bond acceptors (Lipinski definition) is 11. The second kappa shape index (κ2) is 10.3. The van der Waals surface area contributed by atoms with Crippen LogP contribution >= 0.6 is 0 Å². The first-order chi connectivity index (χ1) is 14.4. The van der Waals surface area contributed by atoms with Gasteiger partial charge in [-0.3, -0.25) is 0 Å². The van der Waals surface area contributed by atoms with Gasteiger partial charge in [0.1, 0.15) is 35.7 Å². The molecule has 2 rings (SSSR count). The standard InChI is InChI=1S/C17H28N4O10/c1-17(2,3)31-16(28)18-9(15(26)27)7-29-6-8-4-21(20-19-8)14-13(25)12(24)11(23)10(5-22)30-14/h4,9-14,22-25H,5-7H2,1-3H3,(H,18,28)(H,26,27)/t9-,10+,11+,12-,13+,14+/m0/s1. The van der Waals surface area contributed by atoms with E-state index < -0.39 is 61.0 Å². The molecular weight excluding hydrogens is 420 g/mol. The summed E-state index contributed by atoms with van der Waals surface area (Å²) in [5.74, 6) is -1.32. The number of carbonyl (C=O) groups is 2. The molecular formula is C17H28N4O10. The van der Waals surface area contributed by atoms with Crippen LogP contribution in [-0.4, -0.2) is 102 Å². The lowest BCUT2D eigenvalue weighted by Gasteiger charge is -2.39. The minimum Gasteiger partial charge on any atom is -0.480 e. The van der Waals surface area contributed by atoms with Crippen molar-refractivity contribution in [2.24, 2.45) is 0 Å². The van der Waals surface area contributed by atoms with E-state index in [2.05, 4.69) is 15.6 Å². The van der Waals surface area contributed by atoms with Gasteiger partial charge in [0.2, 0.25) is 0 Å². The molecule has 1 amide bonds. The number of carboxylic acids is 1. The van der Waals surface area contributed by atoms with Crippen LogP contribution < -0.4 is 5.32 Å². The van der Waals surface area contributed by atoms with E-state index in [-0.39, 0.29) is 18.9 Å². The number of hydrogen-bond donors (Lipinski definition) is 6. The third kappa shape index (κ3) is 6.81. The summed E-state index contributed by atoms with van der Waals surface area (Å²) in [6, 6.07) is -1.37. The van der Waals surface area contributed by atoms with Crippen molar-refractivity contribution in [3.8, 4) is 0 Å². The number of nitrogens with one attached hydrogen (secondary N) is 1. The van der Waals surface area contributed by atoms with Gasteiger partial charge in [-0.25, -0.2) is 14.3 Å². The lowest BCUT2D eigenvalue weighted by molar-refractivity contribution is -0.254. The van der Waals surface area contributed by atoms with Gasteiger partial charge in [0.25, 0.3) is 0 Å². The monoisotopic (exact) mass is 448 g/mol. The number of carboxylic acid groups (broad SMARTS) is 1. The molecule has 2 heterocycles. The van der Waals surface area contributed by atoms with Crippen molar-refractivity contribution >= 4 is 12.1 Å². The molecule has 1 saturated heterocycles. The van der Waals surface area contributed by atoms with Crippen LogP contribution in [0, 0.1) is 0 Å². The van der Waals surface area contributed by atoms with E-state index in [9.17, 15) is 35.1 Å². The Morgan fingerprint density at radius 2 is 1.94 bits per heavy atom. The molecule has 1 fully saturated rings. The Bertz CT molecular complexity index is 750. The van der Waals surface area contributed by atoms with Crippen molar-refractivity contribution in [1.29, 1.82) is 0 Å². The third-order valence-electron chi connectivity index (χ3n) is 4.21. The van der Waals surface area contributed by atoms with Crippen LogP contribution in [0.4, 0.5) is 4.79 Å². The Morgan fingerprint density at radius 3 is 2.52 bits per heavy atom. The second-order valence-corrected chi connectivity index (χ2v) is 7.96. The molecule has 6 atom stereocenters. The molecule has 1 aromatic rings. The van der Waals surface area contributed by atoms with Crippen LogP contribution in [0.3, 0.4) is 0 Å². The summed E-state index contributed by atoms with van der Waals surface area (Å²) in [6.45, 7) is 3.75. The molecule has 0 bridgehead atoms. The van der Waals surface area contributed by atoms with E-state index in [4.69, 9.17) is 14.2 Å². The number of carbonyl (C=O) groups excluding carboxylic acids is 1. The molecule has 0 aliphatic carbocycles. The van der Waals surface area contributed by atoms with E-state index >= 15 is 0 Å². The SMILES string of the molecule is CC(C)(C)OC(=O)N[C@@H](COCc1cn([C@@H]2O[C@H](CO)[C@@H](O)[C@H](O)[C@H]2O)nn1)C(=O)O. The molecule has 176 valence electrons. The number of aromatic nitrogens is 3. The van der Waals surface area contributed by atoms with Crippen LogP contribution in [0.15, 0.2) is 6.20 Å². The summed E-state index contributed by atoms with van der Waals surface area (Å²) < 4.78 is 16.7. The predicted octanol–water partition coefficient (Wildman–Crippen LogP) is -2.25. The summed E-state index contributed by atoms with van der Waals surface area (Å²) >= 11 is 0. The Morgan fingerprint density at radius 1 is 1.26 bits per heavy atom. The van der Waals surface area contributed by atoms with Crippen LogP contribution in [0.5, 0.6) is 0 Å². The Hall–Kier alpha value is -2.36. The van der Waals surface area contributed by atoms with E-state index in [0.717, 1.165) is 4.68 Å². The van der Waals surface area contributed by atoms with Crippen LogP contribution in [-0.2, 0) is 25.6 Å². The number of nitrogens with zero attached hydrogens (tertiary/aromatic N) is 3. The molecule has 31 heavy (non-hydrogen) atoms. The number of alkyl carbamates (subject to hydrolysis) is 1. The van der Waals surface area contributed by atoms with E-state index in [1.54, 1.807) is 20.8 Å². The number of ether oxygens (including phenoxy) is 3. The largest absolute Gasteiger partial charge is 0.480 e. The molecule has 0 radical (unpaired) electrons. The van der Waals surface area contributed by atoms with Crippen LogP contribution in [0.25, 0.3) is 0 Å². The van der Waals surface area contributed by atoms with Gasteiger partial charge in [0.05, 0.1) is 26.0 Å². The average molecular weight is 448 g/mol. The Labute approximate surface area is 177 Å². The highest BCUT2D eigenvalue weighted by molar-refractivity contribution is 5.80. The minimum atomic E-state index is -1.57. The van der Waals surface area contributed by atoms with Crippen molar-refractivity contribution < 1.29 is 49.3 Å². The maximum Gasteiger partial charge on any atom is 0.408 e. The fourth-order valence-electron chi connectivity index (χ4n) is 2.71. The smallest absolute Gasteiger partial charge is 0.408 e. The second-order valence-electron chi connectivity index (χ2n) is 7.96. The summed E-state index contributed by atoms with van der Waals surface area (Å²) in [6.07, 6.45) is -6.54. The van der Waals surface area contributed by atoms with Gasteiger partial charge in [-0.1, -0.05) is 5.21 Å². The quantitative estimate of drug-likeness (QED) is 0.249. The van der Waals surface area contributed by atoms with Gasteiger partial charge in [0.15, 0.2) is 12.3 Å². The molecule has 14 nitrogen and oxygen atoms in total. The zero-order chi connectivity index (χ0) is 23.3. The topological polar surface area (TPSA) is 206 Å². The van der Waals surface area contributed by atoms with Crippen molar-refractivity contribution in [2.45, 2.75) is 69.7 Å². The molecule has 14 heteroatoms. The highest BCUT2D eigenvalue weighted by Crippen LogP contribution is 2.27. The average Bonchev–Trinajstić information content (AvgIpc) is 3.12. The number of rotatable bonds is 8. The van der Waals surface area contributed by atoms with Gasteiger partial charge >= 0.3 is 12.1 Å². The van der Waals surface area contributed by atoms with E-state index in [1.165, 1.54) is 6.20 Å². The molecule has 0 spiro atoms. The maximum atomic E-state index is 11.7. The molecule has 0 unspecified atom stereocenters. The van der Waals surface area contributed by atoms with Gasteiger partial charge in [-0.2, -0.15) is 0 Å². The van der Waals surface area contributed by atoms with E-state index in [0.29, 0.717) is 0 Å². The Kier molecular flexibility index (Phi) is 8.27. The third-order valence-corrected chi connectivity index (χ3v) is 4.21. The highest BCUT2D eigenvalue weighted by atomic mass is 16.6. The van der Waals surface area contributed by atoms with Gasteiger partial charge in [0, 0.05) is 0 Å². The highest BCUT2D eigenvalue weighted by Gasteiger charge is 2.44. The molecule has 0 aromatic carbocycles. The first-order valence-electron chi connectivity index (χ1n) is 9.44. The van der Waals surface area contributed by atoms with E-state index in [1.807, 2.05) is 0 Å². The summed E-state index contributed by atoms with van der Waals surface area (Å²) in [4.78, 5) is 23.1. The van der Waals surface area contributed by atoms with Crippen molar-refractivity contribution in [1.82, 2.24) is 20.3 Å². The maximum absolute atomic E-state index is 11.7. The first kappa shape index (κ1) is 24.9. The lowest BCUT2D eigenvalue weighted by Crippen LogP contribution is -2.56. The van der Waals surface area contributed by atoms with Gasteiger partial charge in [-0.05, 0) is 20.8 Å². The zero-order valence-electron chi connectivity index (χ0n) is 17.3. The summed E-state index contributed by atoms with van der Waals surface area (Å²) in [5, 5.41) is 58.0. The molecule has 1 aliphatic heterocycles. The van der Waals surface area contributed by atoms with Crippen LogP contribution in [0.1, 0.15) is 32.7 Å². The fraction of sp³-hybridized carbons (Fsp3) is 0.765. The minimum absolute atomic E-state index is 0.183. The fourth-order valence-corrected chi connectivity index (χ4v) is 2.71. The van der Waals surface area contributed by atoms with Crippen molar-refractivity contribution in [2.75, 3.05) is 13.2 Å². The predicted molar refractivity (Wildman–Crippen MR) is 99.5 cm³/mol. The number of aliphatic hydroxyl groups excluding tert-OH is 4. The zero-order valence-corrected chi connectivity index (χ0v) is 17.3. The number of amides is 1. The van der Waals surface area contributed by atoms with Gasteiger partial charge in [-0.15, -0.1) is 5.10 Å². The van der Waals surface area contributed by atoms with Crippen molar-refractivity contribution in [3.63, 3.8) is 0 Å². The molecule has 6 N–H and O–H groups in total. The molecule has 0 saturated carbocycles. The van der Waals surface area contributed by atoms with Crippen molar-refractivity contribution in [3.05, 3.63) is 11.9 Å². The lowest BCUT2D eigenvalue weighted by atomic mass is 9.98. The van der Waals surface area contributed by atoms with Crippen LogP contribution in [0.2, 0.25) is 0 Å². The normalized spacial score (nSPS) is 27.5. The number of aliphatic carboxylic acids is 1. The van der Waals surface area contributed by atoms with Gasteiger partial charge < -0.3 is 45.1 Å².